The Labute approximate surface area is 111 Å². The molecule has 18 heavy (non-hydrogen) atoms. The maximum atomic E-state index is 5.92. The highest BCUT2D eigenvalue weighted by molar-refractivity contribution is 4.83. The van der Waals surface area contributed by atoms with E-state index in [0.29, 0.717) is 12.2 Å². The molecule has 2 aliphatic heterocycles. The number of ether oxygens (including phenoxy) is 1. The van der Waals surface area contributed by atoms with Gasteiger partial charge in [-0.15, -0.1) is 0 Å². The molecular weight excluding hydrogens is 224 g/mol. The second kappa shape index (κ2) is 5.89. The van der Waals surface area contributed by atoms with Gasteiger partial charge in [0.2, 0.25) is 0 Å². The standard InChI is InChI=1S/C15H28N2O/c1-12-2-5-15(18-12)11-17-8-6-14(7-9-17)16-10-13-3-4-13/h12-16H,2-11H2,1H3. The molecule has 3 nitrogen and oxygen atoms in total. The van der Waals surface area contributed by atoms with Gasteiger partial charge in [-0.25, -0.2) is 0 Å². The molecule has 0 aromatic carbocycles. The number of piperidine rings is 1. The minimum absolute atomic E-state index is 0.493. The summed E-state index contributed by atoms with van der Waals surface area (Å²) in [5, 5.41) is 3.75. The minimum atomic E-state index is 0.493. The number of nitrogens with zero attached hydrogens (tertiary/aromatic N) is 1. The molecule has 3 fully saturated rings. The minimum Gasteiger partial charge on any atom is -0.374 e. The molecule has 3 aliphatic rings. The average molecular weight is 252 g/mol. The summed E-state index contributed by atoms with van der Waals surface area (Å²) in [6, 6.07) is 0.783. The summed E-state index contributed by atoms with van der Waals surface area (Å²) >= 11 is 0. The first kappa shape index (κ1) is 12.9. The summed E-state index contributed by atoms with van der Waals surface area (Å²) in [4.78, 5) is 2.61. The van der Waals surface area contributed by atoms with Crippen LogP contribution < -0.4 is 5.32 Å². The molecule has 2 saturated heterocycles. The van der Waals surface area contributed by atoms with Crippen molar-refractivity contribution in [2.24, 2.45) is 5.92 Å². The van der Waals surface area contributed by atoms with E-state index in [1.807, 2.05) is 0 Å². The molecule has 104 valence electrons. The van der Waals surface area contributed by atoms with Crippen molar-refractivity contribution in [1.29, 1.82) is 0 Å². The zero-order chi connectivity index (χ0) is 12.4. The lowest BCUT2D eigenvalue weighted by molar-refractivity contribution is 0.0255. The largest absolute Gasteiger partial charge is 0.374 e. The molecular formula is C15H28N2O. The fourth-order valence-electron chi connectivity index (χ4n) is 3.28. The lowest BCUT2D eigenvalue weighted by atomic mass is 10.0. The van der Waals surface area contributed by atoms with Crippen LogP contribution in [0.2, 0.25) is 0 Å². The monoisotopic (exact) mass is 252 g/mol. The van der Waals surface area contributed by atoms with Gasteiger partial charge in [-0.05, 0) is 71.0 Å². The van der Waals surface area contributed by atoms with E-state index in [1.54, 1.807) is 0 Å². The lowest BCUT2D eigenvalue weighted by Gasteiger charge is -2.33. The highest BCUT2D eigenvalue weighted by Crippen LogP contribution is 2.28. The van der Waals surface area contributed by atoms with E-state index in [2.05, 4.69) is 17.1 Å². The van der Waals surface area contributed by atoms with E-state index in [-0.39, 0.29) is 0 Å². The highest BCUT2D eigenvalue weighted by atomic mass is 16.5. The fourth-order valence-corrected chi connectivity index (χ4v) is 3.28. The van der Waals surface area contributed by atoms with Crippen molar-refractivity contribution >= 4 is 0 Å². The second-order valence-electron chi connectivity index (χ2n) is 6.57. The molecule has 1 saturated carbocycles. The van der Waals surface area contributed by atoms with Crippen molar-refractivity contribution in [2.75, 3.05) is 26.2 Å². The molecule has 2 atom stereocenters. The van der Waals surface area contributed by atoms with E-state index in [0.717, 1.165) is 12.0 Å². The van der Waals surface area contributed by atoms with Crippen LogP contribution in [0.5, 0.6) is 0 Å². The number of rotatable bonds is 5. The van der Waals surface area contributed by atoms with Crippen LogP contribution in [0.3, 0.4) is 0 Å². The van der Waals surface area contributed by atoms with Crippen molar-refractivity contribution in [3.63, 3.8) is 0 Å². The van der Waals surface area contributed by atoms with Gasteiger partial charge >= 0.3 is 0 Å². The summed E-state index contributed by atoms with van der Waals surface area (Å²) < 4.78 is 5.92. The summed E-state index contributed by atoms with van der Waals surface area (Å²) in [5.41, 5.74) is 0. The Morgan fingerprint density at radius 1 is 1.06 bits per heavy atom. The topological polar surface area (TPSA) is 24.5 Å². The molecule has 2 heterocycles. The van der Waals surface area contributed by atoms with Gasteiger partial charge in [0.05, 0.1) is 12.2 Å². The van der Waals surface area contributed by atoms with Crippen LogP contribution in [0.25, 0.3) is 0 Å². The first-order valence-corrected chi connectivity index (χ1v) is 7.91. The maximum absolute atomic E-state index is 5.92. The predicted molar refractivity (Wildman–Crippen MR) is 73.8 cm³/mol. The Bertz CT molecular complexity index is 259. The van der Waals surface area contributed by atoms with Crippen molar-refractivity contribution in [2.45, 2.75) is 63.7 Å². The Balaban J connectivity index is 1.32. The van der Waals surface area contributed by atoms with Gasteiger partial charge in [0.15, 0.2) is 0 Å². The highest BCUT2D eigenvalue weighted by Gasteiger charge is 2.27. The molecule has 2 unspecified atom stereocenters. The molecule has 1 N–H and O–H groups in total. The first-order chi connectivity index (χ1) is 8.79. The van der Waals surface area contributed by atoms with E-state index >= 15 is 0 Å². The van der Waals surface area contributed by atoms with E-state index in [4.69, 9.17) is 4.74 Å². The van der Waals surface area contributed by atoms with Gasteiger partial charge in [0.25, 0.3) is 0 Å². The molecule has 0 radical (unpaired) electrons. The van der Waals surface area contributed by atoms with Crippen LogP contribution in [0, 0.1) is 5.92 Å². The van der Waals surface area contributed by atoms with Gasteiger partial charge in [-0.3, -0.25) is 0 Å². The Morgan fingerprint density at radius 3 is 2.44 bits per heavy atom. The van der Waals surface area contributed by atoms with E-state index in [1.165, 1.54) is 64.7 Å². The summed E-state index contributed by atoms with van der Waals surface area (Å²) in [5.74, 6) is 1.01. The predicted octanol–water partition coefficient (Wildman–Crippen LogP) is 2.02. The van der Waals surface area contributed by atoms with Crippen LogP contribution in [0.1, 0.15) is 45.4 Å². The number of likely N-dealkylation sites (tertiary alicyclic amines) is 1. The summed E-state index contributed by atoms with van der Waals surface area (Å²) in [6.45, 7) is 7.16. The third-order valence-corrected chi connectivity index (χ3v) is 4.76. The Morgan fingerprint density at radius 2 is 1.83 bits per heavy atom. The number of hydrogen-bond donors (Lipinski definition) is 1. The molecule has 3 heteroatoms. The van der Waals surface area contributed by atoms with E-state index in [9.17, 15) is 0 Å². The van der Waals surface area contributed by atoms with Gasteiger partial charge in [-0.2, -0.15) is 0 Å². The zero-order valence-electron chi connectivity index (χ0n) is 11.7. The Kier molecular flexibility index (Phi) is 4.22. The summed E-state index contributed by atoms with van der Waals surface area (Å²) in [7, 11) is 0. The van der Waals surface area contributed by atoms with Gasteiger partial charge in [0, 0.05) is 12.6 Å². The smallest absolute Gasteiger partial charge is 0.0706 e. The third-order valence-electron chi connectivity index (χ3n) is 4.76. The van der Waals surface area contributed by atoms with Crippen molar-refractivity contribution in [3.8, 4) is 0 Å². The quantitative estimate of drug-likeness (QED) is 0.810. The van der Waals surface area contributed by atoms with E-state index < -0.39 is 0 Å². The number of hydrogen-bond acceptors (Lipinski definition) is 3. The van der Waals surface area contributed by atoms with Crippen molar-refractivity contribution in [1.82, 2.24) is 10.2 Å². The normalized spacial score (nSPS) is 35.2. The van der Waals surface area contributed by atoms with Crippen LogP contribution in [-0.2, 0) is 4.74 Å². The van der Waals surface area contributed by atoms with Crippen LogP contribution in [0.15, 0.2) is 0 Å². The van der Waals surface area contributed by atoms with Crippen LogP contribution >= 0.6 is 0 Å². The van der Waals surface area contributed by atoms with Crippen LogP contribution in [0.4, 0.5) is 0 Å². The van der Waals surface area contributed by atoms with Gasteiger partial charge < -0.3 is 15.0 Å². The third kappa shape index (κ3) is 3.69. The SMILES string of the molecule is CC1CCC(CN2CCC(NCC3CC3)CC2)O1. The van der Waals surface area contributed by atoms with Crippen molar-refractivity contribution in [3.05, 3.63) is 0 Å². The van der Waals surface area contributed by atoms with Crippen molar-refractivity contribution < 1.29 is 4.74 Å². The van der Waals surface area contributed by atoms with Gasteiger partial charge in [-0.1, -0.05) is 0 Å². The maximum Gasteiger partial charge on any atom is 0.0706 e. The number of nitrogens with one attached hydrogen (secondary N) is 1. The molecule has 0 amide bonds. The zero-order valence-corrected chi connectivity index (χ0v) is 11.7. The Hall–Kier alpha value is -0.120. The second-order valence-corrected chi connectivity index (χ2v) is 6.57. The summed E-state index contributed by atoms with van der Waals surface area (Å²) in [6.07, 6.45) is 9.10. The molecule has 3 rings (SSSR count). The fraction of sp³-hybridized carbons (Fsp3) is 1.00. The average Bonchev–Trinajstić information content (AvgIpc) is 3.12. The van der Waals surface area contributed by atoms with Crippen LogP contribution in [-0.4, -0.2) is 49.3 Å². The molecule has 0 aromatic heterocycles. The molecule has 0 aromatic rings. The lowest BCUT2D eigenvalue weighted by Crippen LogP contribution is -2.45. The molecule has 1 aliphatic carbocycles. The first-order valence-electron chi connectivity index (χ1n) is 7.91. The molecule has 0 spiro atoms. The van der Waals surface area contributed by atoms with Gasteiger partial charge in [0.1, 0.15) is 0 Å². The molecule has 0 bridgehead atoms.